The van der Waals surface area contributed by atoms with Crippen molar-refractivity contribution in [1.82, 2.24) is 0 Å². The van der Waals surface area contributed by atoms with Gasteiger partial charge < -0.3 is 4.74 Å². The summed E-state index contributed by atoms with van der Waals surface area (Å²) in [6.07, 6.45) is 2.43. The summed E-state index contributed by atoms with van der Waals surface area (Å²) in [5.41, 5.74) is 1.34. The van der Waals surface area contributed by atoms with E-state index in [0.717, 1.165) is 12.8 Å². The van der Waals surface area contributed by atoms with Gasteiger partial charge in [0, 0.05) is 0 Å². The molecular weight excluding hydrogens is 120 g/mol. The van der Waals surface area contributed by atoms with Gasteiger partial charge in [0.25, 0.3) is 0 Å². The first kappa shape index (κ1) is 7.89. The summed E-state index contributed by atoms with van der Waals surface area (Å²) in [4.78, 5) is 0. The van der Waals surface area contributed by atoms with Crippen LogP contribution < -0.4 is 0 Å². The Morgan fingerprint density at radius 3 is 2.12 bits per heavy atom. The van der Waals surface area contributed by atoms with Crippen LogP contribution in [0.3, 0.4) is 0 Å². The highest BCUT2D eigenvalue weighted by Crippen LogP contribution is 1.99. The largest absolute Gasteiger partial charge is 0.487 e. The maximum Gasteiger partial charge on any atom is 0.146 e. The summed E-state index contributed by atoms with van der Waals surface area (Å²) >= 11 is 4.51. The maximum absolute atomic E-state index is 5.03. The highest BCUT2D eigenvalue weighted by molar-refractivity contribution is 7.78. The van der Waals surface area contributed by atoms with Crippen LogP contribution in [0, 0.1) is 0 Å². The molecule has 0 saturated carbocycles. The van der Waals surface area contributed by atoms with Crippen LogP contribution in [0.1, 0.15) is 26.7 Å². The molecule has 48 valence electrons. The van der Waals surface area contributed by atoms with Crippen molar-refractivity contribution >= 4 is 17.8 Å². The fourth-order valence-electron chi connectivity index (χ4n) is 0.560. The molecule has 0 aliphatic rings. The van der Waals surface area contributed by atoms with E-state index in [1.54, 1.807) is 0 Å². The van der Waals surface area contributed by atoms with Crippen molar-refractivity contribution in [2.45, 2.75) is 32.8 Å². The Hall–Kier alpha value is -0.110. The third-order valence-corrected chi connectivity index (χ3v) is 1.27. The van der Waals surface area contributed by atoms with E-state index in [1.807, 2.05) is 0 Å². The maximum atomic E-state index is 5.03. The monoisotopic (exact) mass is 132 g/mol. The molecule has 0 saturated heterocycles. The van der Waals surface area contributed by atoms with Gasteiger partial charge in [0.15, 0.2) is 0 Å². The molecule has 0 rings (SSSR count). The lowest BCUT2D eigenvalue weighted by molar-refractivity contribution is 0.195. The SMILES string of the molecule is CCC(CC)OC=S. The lowest BCUT2D eigenvalue weighted by Gasteiger charge is -2.08. The molecule has 0 N–H and O–H groups in total. The van der Waals surface area contributed by atoms with Crippen LogP contribution in [-0.4, -0.2) is 11.7 Å². The standard InChI is InChI=1S/C6H12OS/c1-3-6(4-2)7-5-8/h5-6H,3-4H2,1-2H3. The molecule has 8 heavy (non-hydrogen) atoms. The lowest BCUT2D eigenvalue weighted by Crippen LogP contribution is -2.07. The van der Waals surface area contributed by atoms with E-state index in [2.05, 4.69) is 26.1 Å². The molecule has 1 nitrogen and oxygen atoms in total. The van der Waals surface area contributed by atoms with Crippen LogP contribution >= 0.6 is 12.2 Å². The Morgan fingerprint density at radius 1 is 1.50 bits per heavy atom. The third-order valence-electron chi connectivity index (χ3n) is 1.16. The molecule has 0 amide bonds. The normalized spacial score (nSPS) is 9.38. The van der Waals surface area contributed by atoms with Crippen molar-refractivity contribution in [1.29, 1.82) is 0 Å². The van der Waals surface area contributed by atoms with Crippen molar-refractivity contribution in [3.05, 3.63) is 0 Å². The number of hydrogen-bond acceptors (Lipinski definition) is 2. The highest BCUT2D eigenvalue weighted by Gasteiger charge is 1.98. The van der Waals surface area contributed by atoms with Gasteiger partial charge in [0.05, 0.1) is 6.10 Å². The minimum atomic E-state index is 0.340. The van der Waals surface area contributed by atoms with Crippen LogP contribution in [-0.2, 0) is 4.74 Å². The van der Waals surface area contributed by atoms with E-state index in [0.29, 0.717) is 6.10 Å². The van der Waals surface area contributed by atoms with Gasteiger partial charge in [-0.25, -0.2) is 0 Å². The summed E-state index contributed by atoms with van der Waals surface area (Å²) in [6, 6.07) is 0. The number of ether oxygens (including phenoxy) is 1. The molecule has 0 aliphatic heterocycles. The van der Waals surface area contributed by atoms with Gasteiger partial charge in [-0.1, -0.05) is 13.8 Å². The summed E-state index contributed by atoms with van der Waals surface area (Å²) in [7, 11) is 0. The predicted molar refractivity (Wildman–Crippen MR) is 39.1 cm³/mol. The topological polar surface area (TPSA) is 9.23 Å². The Labute approximate surface area is 56.0 Å². The van der Waals surface area contributed by atoms with Crippen LogP contribution in [0.2, 0.25) is 0 Å². The van der Waals surface area contributed by atoms with E-state index in [1.165, 1.54) is 5.55 Å². The number of rotatable bonds is 4. The first-order valence-corrected chi connectivity index (χ1v) is 3.41. The fourth-order valence-corrected chi connectivity index (χ4v) is 0.717. The van der Waals surface area contributed by atoms with Gasteiger partial charge in [0.2, 0.25) is 0 Å². The quantitative estimate of drug-likeness (QED) is 0.542. The van der Waals surface area contributed by atoms with Crippen molar-refractivity contribution in [2.24, 2.45) is 0 Å². The molecule has 0 unspecified atom stereocenters. The van der Waals surface area contributed by atoms with Gasteiger partial charge in [-0.15, -0.1) is 0 Å². The van der Waals surface area contributed by atoms with Crippen molar-refractivity contribution < 1.29 is 4.74 Å². The Morgan fingerprint density at radius 2 is 2.00 bits per heavy atom. The third kappa shape index (κ3) is 2.97. The van der Waals surface area contributed by atoms with Crippen molar-refractivity contribution in [3.63, 3.8) is 0 Å². The molecular formula is C6H12OS. The molecule has 0 fully saturated rings. The first-order chi connectivity index (χ1) is 3.85. The zero-order chi connectivity index (χ0) is 6.41. The highest BCUT2D eigenvalue weighted by atomic mass is 32.1. The van der Waals surface area contributed by atoms with Gasteiger partial charge >= 0.3 is 0 Å². The fraction of sp³-hybridized carbons (Fsp3) is 0.833. The Balaban J connectivity index is 3.20. The van der Waals surface area contributed by atoms with Gasteiger partial charge in [-0.2, -0.15) is 0 Å². The van der Waals surface area contributed by atoms with Crippen molar-refractivity contribution in [3.8, 4) is 0 Å². The van der Waals surface area contributed by atoms with E-state index >= 15 is 0 Å². The van der Waals surface area contributed by atoms with Crippen LogP contribution in [0.4, 0.5) is 0 Å². The van der Waals surface area contributed by atoms with Gasteiger partial charge in [-0.05, 0) is 25.1 Å². The first-order valence-electron chi connectivity index (χ1n) is 2.94. The van der Waals surface area contributed by atoms with E-state index < -0.39 is 0 Å². The Kier molecular flexibility index (Phi) is 4.97. The average molecular weight is 132 g/mol. The Bertz CT molecular complexity index is 59.5. The minimum Gasteiger partial charge on any atom is -0.487 e. The van der Waals surface area contributed by atoms with E-state index in [-0.39, 0.29) is 0 Å². The molecule has 0 heterocycles. The molecule has 0 aromatic carbocycles. The second kappa shape index (κ2) is 5.04. The number of hydrogen-bond donors (Lipinski definition) is 0. The second-order valence-electron chi connectivity index (χ2n) is 1.67. The van der Waals surface area contributed by atoms with Crippen LogP contribution in [0.15, 0.2) is 0 Å². The van der Waals surface area contributed by atoms with E-state index in [4.69, 9.17) is 4.74 Å². The molecule has 2 heteroatoms. The molecule has 0 aromatic heterocycles. The van der Waals surface area contributed by atoms with Crippen LogP contribution in [0.5, 0.6) is 0 Å². The van der Waals surface area contributed by atoms with Gasteiger partial charge in [0.1, 0.15) is 5.55 Å². The average Bonchev–Trinajstić information content (AvgIpc) is 1.83. The molecule has 0 aliphatic carbocycles. The summed E-state index contributed by atoms with van der Waals surface area (Å²) in [5, 5.41) is 0. The minimum absolute atomic E-state index is 0.340. The lowest BCUT2D eigenvalue weighted by atomic mass is 10.2. The van der Waals surface area contributed by atoms with Gasteiger partial charge in [-0.3, -0.25) is 0 Å². The summed E-state index contributed by atoms with van der Waals surface area (Å²) in [6.45, 7) is 4.18. The molecule has 0 bridgehead atoms. The second-order valence-corrected chi connectivity index (χ2v) is 1.86. The summed E-state index contributed by atoms with van der Waals surface area (Å²) < 4.78 is 5.03. The smallest absolute Gasteiger partial charge is 0.146 e. The number of thiocarbonyl (C=S) groups is 1. The molecule has 0 atom stereocenters. The van der Waals surface area contributed by atoms with Crippen LogP contribution in [0.25, 0.3) is 0 Å². The van der Waals surface area contributed by atoms with E-state index in [9.17, 15) is 0 Å². The molecule has 0 radical (unpaired) electrons. The summed E-state index contributed by atoms with van der Waals surface area (Å²) in [5.74, 6) is 0. The molecule has 0 aromatic rings. The zero-order valence-electron chi connectivity index (χ0n) is 5.39. The zero-order valence-corrected chi connectivity index (χ0v) is 6.20. The molecule has 0 spiro atoms. The predicted octanol–water partition coefficient (Wildman–Crippen LogP) is 2.15. The van der Waals surface area contributed by atoms with Crippen molar-refractivity contribution in [2.75, 3.05) is 0 Å².